The number of carboxylic acid groups (broad SMARTS) is 1. The molecule has 258 valence electrons. The number of carbonyl (C=O) groups excluding carboxylic acids is 3. The van der Waals surface area contributed by atoms with Gasteiger partial charge in [-0.05, 0) is 74.6 Å². The highest BCUT2D eigenvalue weighted by Gasteiger charge is 2.61. The Kier molecular flexibility index (Phi) is 9.69. The molecule has 4 unspecified atom stereocenters. The fourth-order valence-electron chi connectivity index (χ4n) is 6.08. The van der Waals surface area contributed by atoms with Gasteiger partial charge in [0.05, 0.1) is 27.7 Å². The maximum absolute atomic E-state index is 14.2. The Hall–Kier alpha value is -4.12. The molecule has 1 aliphatic carbocycles. The Morgan fingerprint density at radius 1 is 1.04 bits per heavy atom. The van der Waals surface area contributed by atoms with E-state index in [0.29, 0.717) is 6.42 Å². The van der Waals surface area contributed by atoms with Crippen LogP contribution >= 0.6 is 22.7 Å². The van der Waals surface area contributed by atoms with Crippen LogP contribution in [-0.2, 0) is 19.2 Å². The lowest BCUT2D eigenvalue weighted by atomic mass is 10.1. The summed E-state index contributed by atoms with van der Waals surface area (Å²) in [7, 11) is 0. The molecule has 14 nitrogen and oxygen atoms in total. The predicted molar refractivity (Wildman–Crippen MR) is 179 cm³/mol. The maximum Gasteiger partial charge on any atom is 0.426 e. The Bertz CT molecular complexity index is 1530. The second-order valence-electron chi connectivity index (χ2n) is 13.3. The number of fused-ring (bicyclic) bond motifs is 2. The van der Waals surface area contributed by atoms with Gasteiger partial charge < -0.3 is 20.1 Å². The third kappa shape index (κ3) is 7.46. The van der Waals surface area contributed by atoms with Gasteiger partial charge in [-0.2, -0.15) is 0 Å². The molecule has 48 heavy (non-hydrogen) atoms. The van der Waals surface area contributed by atoms with Crippen molar-refractivity contribution in [1.29, 1.82) is 0 Å². The molecule has 1 saturated carbocycles. The lowest BCUT2D eigenvalue weighted by Gasteiger charge is -2.32. The number of ether oxygens (including phenoxy) is 1. The largest absolute Gasteiger partial charge is 0.479 e. The van der Waals surface area contributed by atoms with E-state index in [1.54, 1.807) is 43.4 Å². The SMILES string of the molecule is CC(C)(C)OC(=O)NN1CCCCC/C=C\C2CC2(C(=O)O)NC(=O)C2CC(ON3NC(c4cccs4)=C(c4cccs4)N3)CN2C1=O. The first kappa shape index (κ1) is 33.8. The van der Waals surface area contributed by atoms with Gasteiger partial charge in [0.15, 0.2) is 0 Å². The molecule has 2 aromatic heterocycles. The molecule has 16 heteroatoms. The minimum atomic E-state index is -1.44. The first-order valence-electron chi connectivity index (χ1n) is 16.1. The number of allylic oxidation sites excluding steroid dienone is 1. The van der Waals surface area contributed by atoms with E-state index in [2.05, 4.69) is 21.6 Å². The minimum absolute atomic E-state index is 0.00461. The van der Waals surface area contributed by atoms with E-state index < -0.39 is 47.3 Å². The average molecular weight is 700 g/mol. The summed E-state index contributed by atoms with van der Waals surface area (Å²) in [4.78, 5) is 62.9. The molecule has 0 aromatic carbocycles. The second-order valence-corrected chi connectivity index (χ2v) is 15.2. The number of nitrogens with one attached hydrogen (secondary N) is 4. The molecular weight excluding hydrogens is 659 g/mol. The van der Waals surface area contributed by atoms with Gasteiger partial charge in [-0.3, -0.25) is 20.5 Å². The van der Waals surface area contributed by atoms with Gasteiger partial charge in [-0.15, -0.1) is 22.7 Å². The molecule has 2 aromatic rings. The van der Waals surface area contributed by atoms with Crippen molar-refractivity contribution in [3.8, 4) is 0 Å². The lowest BCUT2D eigenvalue weighted by Crippen LogP contribution is -2.58. The summed E-state index contributed by atoms with van der Waals surface area (Å²) in [5.74, 6) is -2.06. The summed E-state index contributed by atoms with van der Waals surface area (Å²) in [6.07, 6.45) is 5.60. The molecule has 0 spiro atoms. The standard InChI is InChI=1S/C32H41N7O7S2/c1-31(2,3)45-29(43)36-38-14-8-6-4-5-7-11-20-18-32(20,28(41)42)33-27(40)22-17-21(19-37(22)30(38)44)46-39-34-25(23-12-9-15-47-23)26(35-39)24-13-10-16-48-24/h7,9-13,15-16,20-22,34-35H,4-6,8,14,17-19H2,1-3H3,(H,33,40)(H,36,43)(H,41,42)/b11-7-. The van der Waals surface area contributed by atoms with Gasteiger partial charge in [0.1, 0.15) is 23.3 Å². The summed E-state index contributed by atoms with van der Waals surface area (Å²) in [6.45, 7) is 5.36. The number of hydrogen-bond donors (Lipinski definition) is 5. The number of urea groups is 1. The number of rotatable bonds is 6. The van der Waals surface area contributed by atoms with Crippen molar-refractivity contribution in [3.63, 3.8) is 0 Å². The van der Waals surface area contributed by atoms with Crippen molar-refractivity contribution in [1.82, 2.24) is 36.8 Å². The van der Waals surface area contributed by atoms with E-state index in [9.17, 15) is 24.3 Å². The molecule has 0 radical (unpaired) electrons. The Morgan fingerprint density at radius 3 is 2.33 bits per heavy atom. The molecule has 4 amide bonds. The lowest BCUT2D eigenvalue weighted by molar-refractivity contribution is -0.232. The van der Waals surface area contributed by atoms with Crippen molar-refractivity contribution in [2.24, 2.45) is 5.92 Å². The summed E-state index contributed by atoms with van der Waals surface area (Å²) < 4.78 is 5.43. The zero-order valence-electron chi connectivity index (χ0n) is 27.1. The van der Waals surface area contributed by atoms with Crippen LogP contribution in [0.15, 0.2) is 47.2 Å². The Balaban J connectivity index is 1.24. The van der Waals surface area contributed by atoms with E-state index in [1.807, 2.05) is 47.2 Å². The molecular formula is C32H41N7O7S2. The molecule has 3 aliphatic heterocycles. The van der Waals surface area contributed by atoms with Crippen molar-refractivity contribution in [2.75, 3.05) is 13.1 Å². The molecule has 5 heterocycles. The van der Waals surface area contributed by atoms with Crippen LogP contribution in [0.3, 0.4) is 0 Å². The highest BCUT2D eigenvalue weighted by Crippen LogP contribution is 2.45. The van der Waals surface area contributed by atoms with Gasteiger partial charge in [0, 0.05) is 18.9 Å². The van der Waals surface area contributed by atoms with Crippen LogP contribution in [0, 0.1) is 5.92 Å². The number of thiophene rings is 2. The van der Waals surface area contributed by atoms with Crippen molar-refractivity contribution >= 4 is 58.1 Å². The van der Waals surface area contributed by atoms with Gasteiger partial charge in [-0.25, -0.2) is 24.8 Å². The van der Waals surface area contributed by atoms with Crippen LogP contribution in [0.1, 0.15) is 69.1 Å². The number of hydrazine groups is 3. The zero-order chi connectivity index (χ0) is 34.1. The molecule has 5 N–H and O–H groups in total. The number of hydrogen-bond acceptors (Lipinski definition) is 11. The monoisotopic (exact) mass is 699 g/mol. The number of amides is 4. The molecule has 4 aliphatic rings. The van der Waals surface area contributed by atoms with Crippen LogP contribution in [-0.4, -0.2) is 80.7 Å². The molecule has 0 bridgehead atoms. The molecule has 6 rings (SSSR count). The summed E-state index contributed by atoms with van der Waals surface area (Å²) in [6, 6.07) is 6.21. The van der Waals surface area contributed by atoms with E-state index in [1.165, 1.54) is 15.2 Å². The number of nitrogens with zero attached hydrogens (tertiary/aromatic N) is 3. The Morgan fingerprint density at radius 2 is 1.73 bits per heavy atom. The number of carbonyl (C=O) groups is 4. The highest BCUT2D eigenvalue weighted by molar-refractivity contribution is 7.12. The highest BCUT2D eigenvalue weighted by atomic mass is 32.1. The van der Waals surface area contributed by atoms with Gasteiger partial charge in [0.25, 0.3) is 0 Å². The molecule has 4 atom stereocenters. The number of carboxylic acids is 1. The van der Waals surface area contributed by atoms with Crippen LogP contribution in [0.25, 0.3) is 11.4 Å². The smallest absolute Gasteiger partial charge is 0.426 e. The normalized spacial score (nSPS) is 27.5. The quantitative estimate of drug-likeness (QED) is 0.275. The zero-order valence-corrected chi connectivity index (χ0v) is 28.7. The second kappa shape index (κ2) is 13.8. The first-order valence-corrected chi connectivity index (χ1v) is 17.8. The van der Waals surface area contributed by atoms with Crippen LogP contribution < -0.4 is 21.6 Å². The summed E-state index contributed by atoms with van der Waals surface area (Å²) >= 11 is 3.13. The third-order valence-electron chi connectivity index (χ3n) is 8.50. The van der Waals surface area contributed by atoms with Crippen LogP contribution in [0.2, 0.25) is 0 Å². The van der Waals surface area contributed by atoms with E-state index in [0.717, 1.165) is 40.4 Å². The topological polar surface area (TPSA) is 165 Å². The van der Waals surface area contributed by atoms with E-state index >= 15 is 0 Å². The fourth-order valence-corrected chi connectivity index (χ4v) is 7.53. The Labute approximate surface area is 286 Å². The predicted octanol–water partition coefficient (Wildman–Crippen LogP) is 4.29. The first-order chi connectivity index (χ1) is 22.9. The van der Waals surface area contributed by atoms with Crippen molar-refractivity contribution < 1.29 is 33.9 Å². The van der Waals surface area contributed by atoms with Crippen molar-refractivity contribution in [2.45, 2.75) is 82.6 Å². The van der Waals surface area contributed by atoms with Gasteiger partial charge >= 0.3 is 18.1 Å². The third-order valence-corrected chi connectivity index (χ3v) is 10.3. The molecule has 2 fully saturated rings. The van der Waals surface area contributed by atoms with Crippen LogP contribution in [0.5, 0.6) is 0 Å². The van der Waals surface area contributed by atoms with E-state index in [4.69, 9.17) is 9.57 Å². The van der Waals surface area contributed by atoms with Gasteiger partial charge in [0.2, 0.25) is 5.91 Å². The average Bonchev–Trinajstić information content (AvgIpc) is 3.64. The minimum Gasteiger partial charge on any atom is -0.479 e. The fraction of sp³-hybridized carbons (Fsp3) is 0.500. The van der Waals surface area contributed by atoms with E-state index in [-0.39, 0.29) is 31.8 Å². The number of aliphatic carboxylic acids is 1. The summed E-state index contributed by atoms with van der Waals surface area (Å²) in [5, 5.41) is 19.4. The summed E-state index contributed by atoms with van der Waals surface area (Å²) in [5.41, 5.74) is 8.49. The maximum atomic E-state index is 14.2. The molecule has 1 saturated heterocycles. The van der Waals surface area contributed by atoms with Gasteiger partial charge in [-0.1, -0.05) is 30.7 Å². The van der Waals surface area contributed by atoms with Crippen molar-refractivity contribution in [3.05, 3.63) is 56.9 Å². The van der Waals surface area contributed by atoms with Crippen LogP contribution in [0.4, 0.5) is 9.59 Å².